The van der Waals surface area contributed by atoms with Crippen molar-refractivity contribution < 1.29 is 35.9 Å². The maximum absolute atomic E-state index is 15.5. The van der Waals surface area contributed by atoms with Crippen molar-refractivity contribution in [2.45, 2.75) is 64.0 Å². The Balaban J connectivity index is 0.000000177. The number of fused-ring (bicyclic) bond motifs is 2. The zero-order valence-electron chi connectivity index (χ0n) is 32.3. The van der Waals surface area contributed by atoms with E-state index in [1.807, 2.05) is 26.0 Å². The van der Waals surface area contributed by atoms with Gasteiger partial charge in [-0.3, -0.25) is 9.59 Å². The van der Waals surface area contributed by atoms with Crippen LogP contribution in [-0.4, -0.2) is 41.3 Å². The highest BCUT2D eigenvalue weighted by atomic mass is 19.3. The summed E-state index contributed by atoms with van der Waals surface area (Å²) in [6.07, 6.45) is 2.19. The number of amides is 2. The van der Waals surface area contributed by atoms with Gasteiger partial charge >= 0.3 is 11.8 Å². The van der Waals surface area contributed by atoms with Gasteiger partial charge in [0.25, 0.3) is 11.8 Å². The van der Waals surface area contributed by atoms with Gasteiger partial charge in [0, 0.05) is 36.6 Å². The van der Waals surface area contributed by atoms with E-state index in [1.165, 1.54) is 60.3 Å². The molecule has 0 radical (unpaired) electrons. The van der Waals surface area contributed by atoms with Crippen LogP contribution in [0.5, 0.6) is 0 Å². The lowest BCUT2D eigenvalue weighted by Gasteiger charge is -2.30. The molecule has 2 aliphatic heterocycles. The molecule has 2 atom stereocenters. The summed E-state index contributed by atoms with van der Waals surface area (Å²) in [5.74, 6) is -9.86. The summed E-state index contributed by atoms with van der Waals surface area (Å²) in [7, 11) is 2.66. The molecule has 8 rings (SSSR count). The number of halogens is 6. The molecule has 2 aromatic heterocycles. The normalized spacial score (nSPS) is 16.1. The molecule has 0 unspecified atom stereocenters. The second-order valence-corrected chi connectivity index (χ2v) is 14.8. The molecular formula is C42H38F6N8O2. The number of carbonyl (C=O) groups excluding carboxylic acids is 2. The number of nitrogens with zero attached hydrogens (tertiary/aromatic N) is 8. The molecule has 58 heavy (non-hydrogen) atoms. The number of hydrogen-bond donors (Lipinski definition) is 0. The number of hydrogen-bond acceptors (Lipinski definition) is 6. The van der Waals surface area contributed by atoms with Gasteiger partial charge in [0.15, 0.2) is 0 Å². The third-order valence-electron chi connectivity index (χ3n) is 11.0. The standard InChI is InChI=1S/2C21H19F3N4O/c2*1-13-6-4-9-16-17(13)11-28(18(16)29)15-8-5-7-14(10-15)20(2,22)21(23,24)19-26-25-12-27(19)3/h2*4-10,12H,11H2,1-3H3/t2*20-/m10/s1. The zero-order chi connectivity index (χ0) is 41.9. The molecule has 0 saturated heterocycles. The van der Waals surface area contributed by atoms with E-state index < -0.39 is 34.8 Å². The van der Waals surface area contributed by atoms with Crippen LogP contribution < -0.4 is 9.80 Å². The molecule has 6 aromatic rings. The number of carbonyl (C=O) groups is 2. The van der Waals surface area contributed by atoms with Gasteiger partial charge < -0.3 is 18.9 Å². The van der Waals surface area contributed by atoms with Crippen LogP contribution in [0, 0.1) is 13.8 Å². The van der Waals surface area contributed by atoms with Gasteiger partial charge in [-0.25, -0.2) is 8.78 Å². The van der Waals surface area contributed by atoms with Crippen LogP contribution in [-0.2, 0) is 50.4 Å². The number of rotatable bonds is 8. The predicted molar refractivity (Wildman–Crippen MR) is 203 cm³/mol. The number of aromatic nitrogens is 6. The highest BCUT2D eigenvalue weighted by Gasteiger charge is 2.58. The Bertz CT molecular complexity index is 2390. The summed E-state index contributed by atoms with van der Waals surface area (Å²) in [5.41, 5.74) is -1.04. The molecule has 4 heterocycles. The zero-order valence-corrected chi connectivity index (χ0v) is 32.3. The number of aryl methyl sites for hydroxylation is 4. The minimum Gasteiger partial charge on any atom is -0.316 e. The number of alkyl halides is 6. The van der Waals surface area contributed by atoms with Gasteiger partial charge in [-0.2, -0.15) is 17.6 Å². The van der Waals surface area contributed by atoms with Crippen LogP contribution in [0.1, 0.15) is 79.6 Å². The Morgan fingerprint density at radius 2 is 0.914 bits per heavy atom. The first kappa shape index (κ1) is 39.9. The van der Waals surface area contributed by atoms with Crippen molar-refractivity contribution in [3.63, 3.8) is 0 Å². The predicted octanol–water partition coefficient (Wildman–Crippen LogP) is 8.52. The Hall–Kier alpha value is -6.32. The minimum absolute atomic E-state index is 0.235. The highest BCUT2D eigenvalue weighted by molar-refractivity contribution is 6.11. The molecule has 2 amide bonds. The third-order valence-corrected chi connectivity index (χ3v) is 11.0. The summed E-state index contributed by atoms with van der Waals surface area (Å²) in [5, 5.41) is 13.6. The summed E-state index contributed by atoms with van der Waals surface area (Å²) < 4.78 is 92.9. The first-order valence-electron chi connectivity index (χ1n) is 18.1. The number of anilines is 2. The Labute approximate surface area is 329 Å². The quantitative estimate of drug-likeness (QED) is 0.143. The SMILES string of the molecule is Cc1cccc2c1CN(c1cccc([C@@](C)(F)C(F)(F)c3nncn3C)c1)C2=O.Cc1cccc2c1CN(c1cccc([C@](C)(F)C(F)(F)c3nncn3C)c1)C2=O. The Morgan fingerprint density at radius 1 is 0.552 bits per heavy atom. The molecule has 300 valence electrons. The summed E-state index contributed by atoms with van der Waals surface area (Å²) in [6, 6.07) is 22.2. The summed E-state index contributed by atoms with van der Waals surface area (Å²) >= 11 is 0. The molecule has 0 bridgehead atoms. The van der Waals surface area contributed by atoms with Gasteiger partial charge in [-0.15, -0.1) is 20.4 Å². The van der Waals surface area contributed by atoms with Gasteiger partial charge in [-0.05, 0) is 97.5 Å². The fourth-order valence-electron chi connectivity index (χ4n) is 7.24. The van der Waals surface area contributed by atoms with Gasteiger partial charge in [-0.1, -0.05) is 48.5 Å². The molecule has 0 fully saturated rings. The van der Waals surface area contributed by atoms with Gasteiger partial charge in [0.1, 0.15) is 12.7 Å². The smallest absolute Gasteiger partial charge is 0.316 e. The van der Waals surface area contributed by atoms with E-state index >= 15 is 8.78 Å². The Morgan fingerprint density at radius 3 is 1.24 bits per heavy atom. The molecule has 16 heteroatoms. The molecular weight excluding hydrogens is 763 g/mol. The van der Waals surface area contributed by atoms with E-state index in [0.29, 0.717) is 35.6 Å². The maximum atomic E-state index is 15.5. The fraction of sp³-hybridized carbons (Fsp3) is 0.286. The Kier molecular flexibility index (Phi) is 9.80. The van der Waals surface area contributed by atoms with E-state index in [9.17, 15) is 27.2 Å². The lowest BCUT2D eigenvalue weighted by molar-refractivity contribution is -0.149. The lowest BCUT2D eigenvalue weighted by atomic mass is 9.90. The molecule has 10 nitrogen and oxygen atoms in total. The molecule has 0 N–H and O–H groups in total. The third kappa shape index (κ3) is 6.40. The maximum Gasteiger partial charge on any atom is 0.343 e. The number of benzene rings is 4. The van der Waals surface area contributed by atoms with Crippen molar-refractivity contribution in [1.29, 1.82) is 0 Å². The van der Waals surface area contributed by atoms with Crippen molar-refractivity contribution in [3.8, 4) is 0 Å². The first-order valence-corrected chi connectivity index (χ1v) is 18.1. The van der Waals surface area contributed by atoms with E-state index in [4.69, 9.17) is 0 Å². The monoisotopic (exact) mass is 800 g/mol. The fourth-order valence-corrected chi connectivity index (χ4v) is 7.24. The second kappa shape index (κ2) is 14.3. The summed E-state index contributed by atoms with van der Waals surface area (Å²) in [6.45, 7) is 6.06. The van der Waals surface area contributed by atoms with Crippen molar-refractivity contribution >= 4 is 23.2 Å². The molecule has 4 aromatic carbocycles. The van der Waals surface area contributed by atoms with Crippen LogP contribution in [0.4, 0.5) is 37.7 Å². The van der Waals surface area contributed by atoms with Crippen LogP contribution >= 0.6 is 0 Å². The molecule has 0 aliphatic carbocycles. The van der Waals surface area contributed by atoms with E-state index in [1.54, 1.807) is 36.4 Å². The largest absolute Gasteiger partial charge is 0.343 e. The van der Waals surface area contributed by atoms with E-state index in [0.717, 1.165) is 57.9 Å². The highest BCUT2D eigenvalue weighted by Crippen LogP contribution is 2.49. The van der Waals surface area contributed by atoms with Crippen molar-refractivity contribution in [1.82, 2.24) is 29.5 Å². The average molecular weight is 801 g/mol. The minimum atomic E-state index is -3.93. The summed E-state index contributed by atoms with van der Waals surface area (Å²) in [4.78, 5) is 28.5. The van der Waals surface area contributed by atoms with Crippen LogP contribution in [0.25, 0.3) is 0 Å². The van der Waals surface area contributed by atoms with Gasteiger partial charge in [0.2, 0.25) is 23.0 Å². The van der Waals surface area contributed by atoms with Crippen LogP contribution in [0.3, 0.4) is 0 Å². The average Bonchev–Trinajstić information content (AvgIpc) is 3.99. The van der Waals surface area contributed by atoms with Crippen molar-refractivity contribution in [2.75, 3.05) is 9.80 Å². The van der Waals surface area contributed by atoms with Crippen molar-refractivity contribution in [3.05, 3.63) is 154 Å². The second-order valence-electron chi connectivity index (χ2n) is 14.8. The molecule has 0 saturated carbocycles. The van der Waals surface area contributed by atoms with Crippen molar-refractivity contribution in [2.24, 2.45) is 14.1 Å². The topological polar surface area (TPSA) is 102 Å². The van der Waals surface area contributed by atoms with Crippen LogP contribution in [0.2, 0.25) is 0 Å². The van der Waals surface area contributed by atoms with Crippen LogP contribution in [0.15, 0.2) is 97.6 Å². The molecule has 2 aliphatic rings. The van der Waals surface area contributed by atoms with Gasteiger partial charge in [0.05, 0.1) is 13.1 Å². The molecule has 0 spiro atoms. The lowest BCUT2D eigenvalue weighted by Crippen LogP contribution is -2.39. The van der Waals surface area contributed by atoms with E-state index in [-0.39, 0.29) is 22.9 Å². The van der Waals surface area contributed by atoms with E-state index in [2.05, 4.69) is 20.4 Å². The first-order chi connectivity index (χ1) is 27.3.